The molecular formula is C8H8NO2S2. The number of rotatable bonds is 3. The van der Waals surface area contributed by atoms with E-state index in [2.05, 4.69) is 17.7 Å². The third-order valence-corrected chi connectivity index (χ3v) is 2.67. The van der Waals surface area contributed by atoms with Crippen molar-refractivity contribution in [1.82, 2.24) is 0 Å². The smallest absolute Gasteiger partial charge is 0.225 e. The first-order chi connectivity index (χ1) is 6.05. The molecule has 0 aliphatic rings. The minimum absolute atomic E-state index is 0.500. The molecule has 5 heteroatoms. The molecule has 0 saturated carbocycles. The van der Waals surface area contributed by atoms with E-state index in [-0.39, 0.29) is 0 Å². The van der Waals surface area contributed by atoms with Crippen molar-refractivity contribution in [3.63, 3.8) is 0 Å². The largest absolute Gasteiger partial charge is 0.237 e. The molecule has 69 valence electrons. The Hall–Kier alpha value is -0.940. The summed E-state index contributed by atoms with van der Waals surface area (Å²) in [6.07, 6.45) is 1.08. The molecule has 13 heavy (non-hydrogen) atoms. The SMILES string of the molecule is CS(=O)(=O)N([C]=S)c1ccccc1. The van der Waals surface area contributed by atoms with Gasteiger partial charge in [-0.3, -0.25) is 0 Å². The van der Waals surface area contributed by atoms with Gasteiger partial charge >= 0.3 is 0 Å². The van der Waals surface area contributed by atoms with Gasteiger partial charge in [-0.05, 0) is 12.1 Å². The molecule has 1 aromatic carbocycles. The van der Waals surface area contributed by atoms with Crippen LogP contribution < -0.4 is 4.31 Å². The lowest BCUT2D eigenvalue weighted by molar-refractivity contribution is 0.603. The van der Waals surface area contributed by atoms with Crippen molar-refractivity contribution in [2.24, 2.45) is 0 Å². The van der Waals surface area contributed by atoms with E-state index in [1.54, 1.807) is 30.3 Å². The Labute approximate surface area is 83.0 Å². The van der Waals surface area contributed by atoms with Gasteiger partial charge in [0, 0.05) is 0 Å². The average Bonchev–Trinajstić information content (AvgIpc) is 2.05. The van der Waals surface area contributed by atoms with Crippen LogP contribution in [0.2, 0.25) is 0 Å². The Morgan fingerprint density at radius 1 is 1.31 bits per heavy atom. The minimum atomic E-state index is -3.35. The fraction of sp³-hybridized carbons (Fsp3) is 0.125. The van der Waals surface area contributed by atoms with Gasteiger partial charge < -0.3 is 0 Å². The quantitative estimate of drug-likeness (QED) is 0.562. The highest BCUT2D eigenvalue weighted by Gasteiger charge is 2.14. The lowest BCUT2D eigenvalue weighted by atomic mass is 10.3. The van der Waals surface area contributed by atoms with Crippen LogP contribution in [0.4, 0.5) is 5.69 Å². The number of nitrogens with zero attached hydrogens (tertiary/aromatic N) is 1. The number of anilines is 1. The van der Waals surface area contributed by atoms with E-state index in [1.165, 1.54) is 0 Å². The van der Waals surface area contributed by atoms with Gasteiger partial charge in [-0.2, -0.15) is 0 Å². The van der Waals surface area contributed by atoms with Crippen molar-refractivity contribution in [3.05, 3.63) is 30.3 Å². The van der Waals surface area contributed by atoms with Crippen molar-refractivity contribution in [3.8, 4) is 0 Å². The zero-order valence-electron chi connectivity index (χ0n) is 6.97. The van der Waals surface area contributed by atoms with E-state index < -0.39 is 10.0 Å². The minimum Gasteiger partial charge on any atom is -0.225 e. The van der Waals surface area contributed by atoms with Gasteiger partial charge in [-0.1, -0.05) is 30.4 Å². The van der Waals surface area contributed by atoms with Gasteiger partial charge in [0.2, 0.25) is 10.0 Å². The molecular weight excluding hydrogens is 206 g/mol. The zero-order chi connectivity index (χ0) is 9.90. The molecule has 0 bridgehead atoms. The molecule has 1 rings (SSSR count). The second-order valence-corrected chi connectivity index (χ2v) is 4.47. The van der Waals surface area contributed by atoms with Crippen molar-refractivity contribution < 1.29 is 8.42 Å². The average molecular weight is 214 g/mol. The van der Waals surface area contributed by atoms with Gasteiger partial charge in [0.05, 0.1) is 11.9 Å². The summed E-state index contributed by atoms with van der Waals surface area (Å²) in [7, 11) is -3.35. The zero-order valence-corrected chi connectivity index (χ0v) is 8.60. The monoisotopic (exact) mass is 214 g/mol. The van der Waals surface area contributed by atoms with Crippen LogP contribution in [0.5, 0.6) is 0 Å². The Bertz CT molecular complexity index is 386. The summed E-state index contributed by atoms with van der Waals surface area (Å²) >= 11 is 4.50. The topological polar surface area (TPSA) is 37.4 Å². The van der Waals surface area contributed by atoms with Crippen LogP contribution >= 0.6 is 12.2 Å². The Balaban J connectivity index is 3.13. The van der Waals surface area contributed by atoms with E-state index >= 15 is 0 Å². The number of hydrogen-bond donors (Lipinski definition) is 0. The van der Waals surface area contributed by atoms with Crippen LogP contribution in [0.3, 0.4) is 0 Å². The lowest BCUT2D eigenvalue weighted by Gasteiger charge is -2.14. The first-order valence-corrected chi connectivity index (χ1v) is 5.74. The molecule has 1 aromatic rings. The van der Waals surface area contributed by atoms with E-state index in [0.717, 1.165) is 10.6 Å². The molecule has 0 amide bonds. The maximum absolute atomic E-state index is 11.2. The molecule has 0 aliphatic heterocycles. The van der Waals surface area contributed by atoms with Crippen LogP contribution in [0.15, 0.2) is 30.3 Å². The molecule has 0 aliphatic carbocycles. The normalized spacial score (nSPS) is 10.8. The summed E-state index contributed by atoms with van der Waals surface area (Å²) in [5.41, 5.74) is 2.69. The molecule has 0 spiro atoms. The highest BCUT2D eigenvalue weighted by molar-refractivity contribution is 7.94. The molecule has 0 heterocycles. The summed E-state index contributed by atoms with van der Waals surface area (Å²) in [5, 5.41) is 0. The van der Waals surface area contributed by atoms with Crippen LogP contribution in [0.25, 0.3) is 0 Å². The van der Waals surface area contributed by atoms with Gasteiger partial charge in [-0.15, -0.1) is 0 Å². The molecule has 1 radical (unpaired) electrons. The van der Waals surface area contributed by atoms with Gasteiger partial charge in [0.1, 0.15) is 0 Å². The van der Waals surface area contributed by atoms with Crippen LogP contribution in [-0.4, -0.2) is 20.2 Å². The molecule has 0 saturated heterocycles. The summed E-state index contributed by atoms with van der Waals surface area (Å²) < 4.78 is 23.3. The van der Waals surface area contributed by atoms with E-state index in [0.29, 0.717) is 5.69 Å². The number of sulfonamides is 1. The number of thiocarbonyl (C=S) groups is 1. The first kappa shape index (κ1) is 10.1. The van der Waals surface area contributed by atoms with Crippen molar-refractivity contribution in [2.45, 2.75) is 0 Å². The highest BCUT2D eigenvalue weighted by Crippen LogP contribution is 2.14. The second-order valence-electron chi connectivity index (χ2n) is 2.45. The first-order valence-electron chi connectivity index (χ1n) is 3.49. The summed E-state index contributed by atoms with van der Waals surface area (Å²) in [4.78, 5) is 0. The Morgan fingerprint density at radius 3 is 2.23 bits per heavy atom. The molecule has 0 atom stereocenters. The fourth-order valence-corrected chi connectivity index (χ4v) is 2.03. The summed E-state index contributed by atoms with van der Waals surface area (Å²) in [6.45, 7) is 0. The van der Waals surface area contributed by atoms with Gasteiger partial charge in [-0.25, -0.2) is 12.7 Å². The maximum atomic E-state index is 11.2. The number of benzene rings is 1. The number of hydrogen-bond acceptors (Lipinski definition) is 3. The van der Waals surface area contributed by atoms with E-state index in [9.17, 15) is 8.42 Å². The predicted octanol–water partition coefficient (Wildman–Crippen LogP) is 1.29. The standard InChI is InChI=1S/C8H8NO2S2/c1-13(10,11)9(7-12)8-5-3-2-4-6-8/h2-6H,1H3. The van der Waals surface area contributed by atoms with Crippen LogP contribution in [-0.2, 0) is 10.0 Å². The third-order valence-electron chi connectivity index (χ3n) is 1.41. The van der Waals surface area contributed by atoms with Gasteiger partial charge in [0.15, 0.2) is 5.49 Å². The van der Waals surface area contributed by atoms with E-state index in [4.69, 9.17) is 0 Å². The maximum Gasteiger partial charge on any atom is 0.237 e. The van der Waals surface area contributed by atoms with Crippen LogP contribution in [0.1, 0.15) is 0 Å². The molecule has 0 N–H and O–H groups in total. The highest BCUT2D eigenvalue weighted by atomic mass is 32.2. The summed E-state index contributed by atoms with van der Waals surface area (Å²) in [5.74, 6) is 0. The van der Waals surface area contributed by atoms with Crippen molar-refractivity contribution in [1.29, 1.82) is 0 Å². The lowest BCUT2D eigenvalue weighted by Crippen LogP contribution is -2.27. The molecule has 0 aromatic heterocycles. The summed E-state index contributed by atoms with van der Waals surface area (Å²) in [6, 6.07) is 8.58. The number of para-hydroxylation sites is 1. The van der Waals surface area contributed by atoms with Crippen molar-refractivity contribution >= 4 is 33.4 Å². The molecule has 3 nitrogen and oxygen atoms in total. The second kappa shape index (κ2) is 3.85. The van der Waals surface area contributed by atoms with Crippen LogP contribution in [0, 0.1) is 0 Å². The van der Waals surface area contributed by atoms with E-state index in [1.807, 2.05) is 0 Å². The third kappa shape index (κ3) is 2.50. The van der Waals surface area contributed by atoms with Crippen molar-refractivity contribution in [2.75, 3.05) is 10.6 Å². The molecule has 0 fully saturated rings. The Kier molecular flexibility index (Phi) is 3.00. The van der Waals surface area contributed by atoms with Gasteiger partial charge in [0.25, 0.3) is 0 Å². The fourth-order valence-electron chi connectivity index (χ4n) is 0.875. The Morgan fingerprint density at radius 2 is 1.85 bits per heavy atom. The predicted molar refractivity (Wildman–Crippen MR) is 56.4 cm³/mol. The molecule has 0 unspecified atom stereocenters.